The van der Waals surface area contributed by atoms with E-state index in [0.717, 1.165) is 0 Å². The highest BCUT2D eigenvalue weighted by Gasteiger charge is 1.95. The van der Waals surface area contributed by atoms with Crippen LogP contribution in [0, 0.1) is 6.42 Å². The van der Waals surface area contributed by atoms with Crippen LogP contribution in [0.2, 0.25) is 0 Å². The molecule has 59 valence electrons. The van der Waals surface area contributed by atoms with Gasteiger partial charge in [0.25, 0.3) is 0 Å². The molecule has 0 N–H and O–H groups in total. The third-order valence-electron chi connectivity index (χ3n) is 2.13. The Bertz CT molecular complexity index is 383. The van der Waals surface area contributed by atoms with Gasteiger partial charge in [0, 0.05) is 0 Å². The molecule has 1 radical (unpaired) electrons. The molecule has 0 spiro atoms. The van der Waals surface area contributed by atoms with Gasteiger partial charge in [0.1, 0.15) is 0 Å². The van der Waals surface area contributed by atoms with Gasteiger partial charge in [0.05, 0.1) is 0 Å². The first kappa shape index (κ1) is 7.35. The van der Waals surface area contributed by atoms with Gasteiger partial charge < -0.3 is 0 Å². The van der Waals surface area contributed by atoms with Gasteiger partial charge in [0.2, 0.25) is 0 Å². The minimum atomic E-state index is 1.31. The number of benzene rings is 2. The van der Waals surface area contributed by atoms with Crippen LogP contribution in [0.3, 0.4) is 0 Å². The molecule has 0 fully saturated rings. The monoisotopic (exact) mass is 155 g/mol. The second kappa shape index (κ2) is 2.98. The van der Waals surface area contributed by atoms with Crippen LogP contribution in [0.4, 0.5) is 0 Å². The number of hydrogen-bond donors (Lipinski definition) is 0. The first-order chi connectivity index (χ1) is 5.92. The maximum Gasteiger partial charge on any atom is -0.0118 e. The molecule has 0 amide bonds. The highest BCUT2D eigenvalue weighted by molar-refractivity contribution is 5.86. The lowest BCUT2D eigenvalue weighted by Gasteiger charge is -2.01. The van der Waals surface area contributed by atoms with Crippen molar-refractivity contribution in [3.63, 3.8) is 0 Å². The lowest BCUT2D eigenvalue weighted by molar-refractivity contribution is 1.46. The average Bonchev–Trinajstić information content (AvgIpc) is 2.17. The zero-order chi connectivity index (χ0) is 8.39. The molecule has 0 heterocycles. The zero-order valence-electron chi connectivity index (χ0n) is 7.12. The largest absolute Gasteiger partial charge is 0.0616 e. The van der Waals surface area contributed by atoms with Gasteiger partial charge in [-0.25, -0.2) is 0 Å². The van der Waals surface area contributed by atoms with E-state index in [0.29, 0.717) is 0 Å². The van der Waals surface area contributed by atoms with Crippen LogP contribution >= 0.6 is 0 Å². The molecule has 0 saturated heterocycles. The normalized spacial score (nSPS) is 10.4. The van der Waals surface area contributed by atoms with E-state index in [-0.39, 0.29) is 0 Å². The Labute approximate surface area is 72.8 Å². The average molecular weight is 155 g/mol. The zero-order valence-corrected chi connectivity index (χ0v) is 7.12. The van der Waals surface area contributed by atoms with Crippen molar-refractivity contribution in [1.29, 1.82) is 0 Å². The first-order valence-corrected chi connectivity index (χ1v) is 4.19. The highest BCUT2D eigenvalue weighted by Crippen LogP contribution is 2.19. The molecule has 0 saturated carbocycles. The van der Waals surface area contributed by atoms with Crippen molar-refractivity contribution in [3.05, 3.63) is 54.4 Å². The van der Waals surface area contributed by atoms with Crippen molar-refractivity contribution in [2.24, 2.45) is 0 Å². The molecule has 0 aromatic heterocycles. The van der Waals surface area contributed by atoms with Crippen LogP contribution in [0.5, 0.6) is 0 Å². The minimum absolute atomic E-state index is 1.31. The molecular weight excluding hydrogens is 144 g/mol. The molecule has 0 heteroatoms. The van der Waals surface area contributed by atoms with Crippen LogP contribution in [0.15, 0.2) is 42.5 Å². The molecule has 0 unspecified atom stereocenters. The Morgan fingerprint density at radius 2 is 1.67 bits per heavy atom. The molecule has 0 aliphatic heterocycles. The van der Waals surface area contributed by atoms with Gasteiger partial charge in [0.15, 0.2) is 0 Å². The van der Waals surface area contributed by atoms with Crippen molar-refractivity contribution >= 4 is 10.8 Å². The standard InChI is InChI=1S/C12H11/c1-2-10-7-5-8-11-6-3-4-9-12(10)11/h2-9H,1H3. The molecule has 0 bridgehead atoms. The summed E-state index contributed by atoms with van der Waals surface area (Å²) in [5.41, 5.74) is 1.31. The topological polar surface area (TPSA) is 0 Å². The van der Waals surface area contributed by atoms with Crippen LogP contribution in [-0.4, -0.2) is 0 Å². The van der Waals surface area contributed by atoms with Crippen molar-refractivity contribution in [1.82, 2.24) is 0 Å². The number of hydrogen-bond acceptors (Lipinski definition) is 0. The van der Waals surface area contributed by atoms with Crippen LogP contribution < -0.4 is 0 Å². The Hall–Kier alpha value is -1.30. The summed E-state index contributed by atoms with van der Waals surface area (Å²) in [6.45, 7) is 2.07. The smallest absolute Gasteiger partial charge is 0.0118 e. The quantitative estimate of drug-likeness (QED) is 0.592. The third kappa shape index (κ3) is 1.10. The Morgan fingerprint density at radius 1 is 0.917 bits per heavy atom. The Kier molecular flexibility index (Phi) is 1.83. The van der Waals surface area contributed by atoms with Gasteiger partial charge in [-0.15, -0.1) is 0 Å². The van der Waals surface area contributed by atoms with E-state index in [9.17, 15) is 0 Å². The predicted molar refractivity (Wildman–Crippen MR) is 53.0 cm³/mol. The van der Waals surface area contributed by atoms with Crippen molar-refractivity contribution < 1.29 is 0 Å². The van der Waals surface area contributed by atoms with E-state index in [1.807, 2.05) is 0 Å². The molecule has 0 aliphatic carbocycles. The summed E-state index contributed by atoms with van der Waals surface area (Å²) >= 11 is 0. The van der Waals surface area contributed by atoms with Crippen molar-refractivity contribution in [3.8, 4) is 0 Å². The van der Waals surface area contributed by atoms with Gasteiger partial charge in [-0.2, -0.15) is 0 Å². The molecule has 12 heavy (non-hydrogen) atoms. The Morgan fingerprint density at radius 3 is 2.50 bits per heavy atom. The lowest BCUT2D eigenvalue weighted by Crippen LogP contribution is -1.79. The summed E-state index contributed by atoms with van der Waals surface area (Å²) in [7, 11) is 0. The summed E-state index contributed by atoms with van der Waals surface area (Å²) in [6.07, 6.45) is 2.14. The fourth-order valence-corrected chi connectivity index (χ4v) is 1.50. The highest BCUT2D eigenvalue weighted by atomic mass is 14.0. The summed E-state index contributed by atoms with van der Waals surface area (Å²) in [6, 6.07) is 14.8. The van der Waals surface area contributed by atoms with Crippen molar-refractivity contribution in [2.45, 2.75) is 6.92 Å². The van der Waals surface area contributed by atoms with Gasteiger partial charge in [-0.1, -0.05) is 49.4 Å². The SMILES string of the molecule is C[CH]c1cccc2ccccc12. The summed E-state index contributed by atoms with van der Waals surface area (Å²) in [4.78, 5) is 0. The van der Waals surface area contributed by atoms with Gasteiger partial charge in [-0.05, 0) is 22.8 Å². The molecule has 0 aliphatic rings. The molecular formula is C12H11. The van der Waals surface area contributed by atoms with Crippen molar-refractivity contribution in [2.75, 3.05) is 0 Å². The predicted octanol–water partition coefficient (Wildman–Crippen LogP) is 3.41. The van der Waals surface area contributed by atoms with Crippen LogP contribution in [0.25, 0.3) is 10.8 Å². The molecule has 0 atom stereocenters. The molecule has 0 nitrogen and oxygen atoms in total. The summed E-state index contributed by atoms with van der Waals surface area (Å²) in [5, 5.41) is 2.65. The number of rotatable bonds is 1. The maximum atomic E-state index is 2.16. The van der Waals surface area contributed by atoms with Crippen LogP contribution in [0.1, 0.15) is 12.5 Å². The number of fused-ring (bicyclic) bond motifs is 1. The van der Waals surface area contributed by atoms with E-state index >= 15 is 0 Å². The van der Waals surface area contributed by atoms with E-state index < -0.39 is 0 Å². The summed E-state index contributed by atoms with van der Waals surface area (Å²) < 4.78 is 0. The Balaban J connectivity index is 2.79. The van der Waals surface area contributed by atoms with E-state index in [1.165, 1.54) is 16.3 Å². The molecule has 2 aromatic rings. The first-order valence-electron chi connectivity index (χ1n) is 4.19. The second-order valence-electron chi connectivity index (χ2n) is 2.86. The lowest BCUT2D eigenvalue weighted by atomic mass is 10.0. The van der Waals surface area contributed by atoms with Gasteiger partial charge >= 0.3 is 0 Å². The molecule has 2 rings (SSSR count). The van der Waals surface area contributed by atoms with E-state index in [2.05, 4.69) is 55.8 Å². The second-order valence-corrected chi connectivity index (χ2v) is 2.86. The maximum absolute atomic E-state index is 2.16. The summed E-state index contributed by atoms with van der Waals surface area (Å²) in [5.74, 6) is 0. The minimum Gasteiger partial charge on any atom is -0.0616 e. The third-order valence-corrected chi connectivity index (χ3v) is 2.13. The van der Waals surface area contributed by atoms with Crippen LogP contribution in [-0.2, 0) is 0 Å². The van der Waals surface area contributed by atoms with Gasteiger partial charge in [-0.3, -0.25) is 0 Å². The fraction of sp³-hybridized carbons (Fsp3) is 0.0833. The van der Waals surface area contributed by atoms with E-state index in [4.69, 9.17) is 0 Å². The molecule has 2 aromatic carbocycles. The van der Waals surface area contributed by atoms with E-state index in [1.54, 1.807) is 0 Å². The fourth-order valence-electron chi connectivity index (χ4n) is 1.50.